The molecule has 2 rings (SSSR count). The normalized spacial score (nSPS) is 17.5. The zero-order valence-corrected chi connectivity index (χ0v) is 15.3. The zero-order chi connectivity index (χ0) is 17.4. The first kappa shape index (κ1) is 18.8. The van der Waals surface area contributed by atoms with Crippen molar-refractivity contribution in [1.29, 1.82) is 0 Å². The molecule has 134 valence electrons. The van der Waals surface area contributed by atoms with Gasteiger partial charge < -0.3 is 14.8 Å². The quantitative estimate of drug-likeness (QED) is 0.697. The fourth-order valence-electron chi connectivity index (χ4n) is 3.16. The predicted molar refractivity (Wildman–Crippen MR) is 97.5 cm³/mol. The van der Waals surface area contributed by atoms with Crippen LogP contribution in [-0.2, 0) is 9.53 Å². The summed E-state index contributed by atoms with van der Waals surface area (Å²) < 4.78 is 11.7. The Kier molecular flexibility index (Phi) is 7.10. The Morgan fingerprint density at radius 3 is 2.46 bits per heavy atom. The number of unbranched alkanes of at least 4 members (excludes halogenated alkanes) is 1. The second kappa shape index (κ2) is 9.07. The smallest absolute Gasteiger partial charge is 0.256 e. The highest BCUT2D eigenvalue weighted by molar-refractivity contribution is 5.97. The van der Waals surface area contributed by atoms with Crippen LogP contribution in [0.1, 0.15) is 65.7 Å². The number of hydrogen-bond donors (Lipinski definition) is 1. The third kappa shape index (κ3) is 5.23. The van der Waals surface area contributed by atoms with Gasteiger partial charge in [-0.1, -0.05) is 19.8 Å². The van der Waals surface area contributed by atoms with Crippen molar-refractivity contribution in [2.75, 3.05) is 11.9 Å². The van der Waals surface area contributed by atoms with Crippen LogP contribution >= 0.6 is 0 Å². The van der Waals surface area contributed by atoms with Gasteiger partial charge in [0.05, 0.1) is 6.10 Å². The number of carbonyl (C=O) groups is 1. The number of ether oxygens (including phenoxy) is 2. The van der Waals surface area contributed by atoms with Crippen LogP contribution in [0.15, 0.2) is 24.3 Å². The highest BCUT2D eigenvalue weighted by Gasteiger charge is 2.33. The van der Waals surface area contributed by atoms with Crippen molar-refractivity contribution >= 4 is 11.6 Å². The molecule has 4 heteroatoms. The van der Waals surface area contributed by atoms with E-state index in [0.29, 0.717) is 12.7 Å². The van der Waals surface area contributed by atoms with E-state index in [0.717, 1.165) is 43.5 Å². The SMILES string of the molecule is CCCC[C@@](C)(OCC)C(=O)Nc1ccc(OC2CCCC2)cc1. The Balaban J connectivity index is 1.94. The zero-order valence-electron chi connectivity index (χ0n) is 15.3. The van der Waals surface area contributed by atoms with Crippen molar-refractivity contribution in [3.8, 4) is 5.75 Å². The van der Waals surface area contributed by atoms with Gasteiger partial charge in [0.2, 0.25) is 0 Å². The fraction of sp³-hybridized carbons (Fsp3) is 0.650. The summed E-state index contributed by atoms with van der Waals surface area (Å²) in [6, 6.07) is 7.65. The van der Waals surface area contributed by atoms with Crippen molar-refractivity contribution in [2.45, 2.75) is 77.4 Å². The van der Waals surface area contributed by atoms with E-state index < -0.39 is 5.60 Å². The number of nitrogens with one attached hydrogen (secondary N) is 1. The van der Waals surface area contributed by atoms with Crippen molar-refractivity contribution in [1.82, 2.24) is 0 Å². The first-order valence-corrected chi connectivity index (χ1v) is 9.29. The summed E-state index contributed by atoms with van der Waals surface area (Å²) >= 11 is 0. The van der Waals surface area contributed by atoms with E-state index >= 15 is 0 Å². The molecule has 0 heterocycles. The van der Waals surface area contributed by atoms with E-state index in [1.54, 1.807) is 0 Å². The number of benzene rings is 1. The number of carbonyl (C=O) groups excluding carboxylic acids is 1. The van der Waals surface area contributed by atoms with Gasteiger partial charge >= 0.3 is 0 Å². The molecule has 0 radical (unpaired) electrons. The Morgan fingerprint density at radius 2 is 1.88 bits per heavy atom. The van der Waals surface area contributed by atoms with Crippen molar-refractivity contribution in [3.05, 3.63) is 24.3 Å². The lowest BCUT2D eigenvalue weighted by atomic mass is 9.97. The first-order valence-electron chi connectivity index (χ1n) is 9.29. The van der Waals surface area contributed by atoms with E-state index in [-0.39, 0.29) is 5.91 Å². The maximum Gasteiger partial charge on any atom is 0.256 e. The van der Waals surface area contributed by atoms with E-state index in [2.05, 4.69) is 12.2 Å². The maximum absolute atomic E-state index is 12.6. The lowest BCUT2D eigenvalue weighted by molar-refractivity contribution is -0.139. The van der Waals surface area contributed by atoms with E-state index in [1.807, 2.05) is 38.1 Å². The van der Waals surface area contributed by atoms with Gasteiger partial charge in [-0.15, -0.1) is 0 Å². The molecule has 24 heavy (non-hydrogen) atoms. The van der Waals surface area contributed by atoms with Crippen molar-refractivity contribution < 1.29 is 14.3 Å². The van der Waals surface area contributed by atoms with Crippen LogP contribution in [0.4, 0.5) is 5.69 Å². The van der Waals surface area contributed by atoms with E-state index in [4.69, 9.17) is 9.47 Å². The molecule has 1 amide bonds. The van der Waals surface area contributed by atoms with Crippen LogP contribution in [0.2, 0.25) is 0 Å². The maximum atomic E-state index is 12.6. The number of anilines is 1. The third-order valence-corrected chi connectivity index (χ3v) is 4.67. The van der Waals surface area contributed by atoms with Gasteiger partial charge in [0.15, 0.2) is 0 Å². The molecule has 1 aromatic rings. The summed E-state index contributed by atoms with van der Waals surface area (Å²) in [4.78, 5) is 12.6. The monoisotopic (exact) mass is 333 g/mol. The lowest BCUT2D eigenvalue weighted by Gasteiger charge is -2.28. The van der Waals surface area contributed by atoms with Gasteiger partial charge in [0.1, 0.15) is 11.4 Å². The van der Waals surface area contributed by atoms with Gasteiger partial charge in [0.25, 0.3) is 5.91 Å². The van der Waals surface area contributed by atoms with Crippen molar-refractivity contribution in [2.24, 2.45) is 0 Å². The molecule has 1 saturated carbocycles. The molecule has 0 saturated heterocycles. The van der Waals surface area contributed by atoms with Crippen molar-refractivity contribution in [3.63, 3.8) is 0 Å². The number of rotatable bonds is 9. The molecule has 0 aromatic heterocycles. The van der Waals surface area contributed by atoms with Gasteiger partial charge in [-0.3, -0.25) is 4.79 Å². The molecule has 1 N–H and O–H groups in total. The minimum absolute atomic E-state index is 0.0812. The van der Waals surface area contributed by atoms with E-state index in [9.17, 15) is 4.79 Å². The minimum atomic E-state index is -0.774. The Bertz CT molecular complexity index is 508. The average Bonchev–Trinajstić information content (AvgIpc) is 3.08. The standard InChI is InChI=1S/C20H31NO3/c1-4-6-15-20(3,23-5-2)19(22)21-16-11-13-18(14-12-16)24-17-9-7-8-10-17/h11-14,17H,4-10,15H2,1-3H3,(H,21,22)/t20-/m1/s1. The van der Waals surface area contributed by atoms with Crippen LogP contribution in [0.3, 0.4) is 0 Å². The minimum Gasteiger partial charge on any atom is -0.490 e. The molecule has 1 fully saturated rings. The van der Waals surface area contributed by atoms with Gasteiger partial charge in [-0.05, 0) is 70.2 Å². The molecule has 1 aromatic carbocycles. The predicted octanol–water partition coefficient (Wildman–Crippen LogP) is 4.93. The van der Waals surface area contributed by atoms with Gasteiger partial charge in [-0.2, -0.15) is 0 Å². The van der Waals surface area contributed by atoms with Gasteiger partial charge in [0, 0.05) is 12.3 Å². The van der Waals surface area contributed by atoms with Crippen LogP contribution in [-0.4, -0.2) is 24.2 Å². The average molecular weight is 333 g/mol. The lowest BCUT2D eigenvalue weighted by Crippen LogP contribution is -2.42. The Hall–Kier alpha value is -1.55. The highest BCUT2D eigenvalue weighted by Crippen LogP contribution is 2.26. The molecule has 1 atom stereocenters. The Labute approximate surface area is 145 Å². The largest absolute Gasteiger partial charge is 0.490 e. The highest BCUT2D eigenvalue weighted by atomic mass is 16.5. The molecule has 4 nitrogen and oxygen atoms in total. The molecule has 1 aliphatic carbocycles. The first-order chi connectivity index (χ1) is 11.6. The summed E-state index contributed by atoms with van der Waals surface area (Å²) in [6.45, 7) is 6.45. The molecular weight excluding hydrogens is 302 g/mol. The topological polar surface area (TPSA) is 47.6 Å². The van der Waals surface area contributed by atoms with Crippen LogP contribution in [0.25, 0.3) is 0 Å². The number of amides is 1. The third-order valence-electron chi connectivity index (χ3n) is 4.67. The molecule has 0 spiro atoms. The molecule has 1 aliphatic rings. The van der Waals surface area contributed by atoms with Gasteiger partial charge in [-0.25, -0.2) is 0 Å². The van der Waals surface area contributed by atoms with Crippen LogP contribution in [0, 0.1) is 0 Å². The summed E-state index contributed by atoms with van der Waals surface area (Å²) in [6.07, 6.45) is 7.89. The van der Waals surface area contributed by atoms with E-state index in [1.165, 1.54) is 12.8 Å². The fourth-order valence-corrected chi connectivity index (χ4v) is 3.16. The molecular formula is C20H31NO3. The summed E-state index contributed by atoms with van der Waals surface area (Å²) in [7, 11) is 0. The molecule has 0 aliphatic heterocycles. The summed E-state index contributed by atoms with van der Waals surface area (Å²) in [5, 5.41) is 2.98. The molecule has 0 unspecified atom stereocenters. The second-order valence-corrected chi connectivity index (χ2v) is 6.77. The van der Waals surface area contributed by atoms with Crippen LogP contribution < -0.4 is 10.1 Å². The Morgan fingerprint density at radius 1 is 1.21 bits per heavy atom. The summed E-state index contributed by atoms with van der Waals surface area (Å²) in [5.41, 5.74) is 0.00486. The summed E-state index contributed by atoms with van der Waals surface area (Å²) in [5.74, 6) is 0.792. The van der Waals surface area contributed by atoms with Crippen LogP contribution in [0.5, 0.6) is 5.75 Å². The molecule has 0 bridgehead atoms. The number of hydrogen-bond acceptors (Lipinski definition) is 3. The second-order valence-electron chi connectivity index (χ2n) is 6.77.